The van der Waals surface area contributed by atoms with Crippen molar-refractivity contribution in [1.82, 2.24) is 4.98 Å². The minimum atomic E-state index is 0.0573. The molecular weight excluding hydrogens is 236 g/mol. The highest BCUT2D eigenvalue weighted by Crippen LogP contribution is 2.11. The van der Waals surface area contributed by atoms with E-state index in [0.717, 1.165) is 24.1 Å². The highest BCUT2D eigenvalue weighted by atomic mass is 16.1. The second-order valence-corrected chi connectivity index (χ2v) is 4.45. The lowest BCUT2D eigenvalue weighted by molar-refractivity contribution is -0.116. The van der Waals surface area contributed by atoms with Crippen molar-refractivity contribution in [3.8, 4) is 0 Å². The summed E-state index contributed by atoms with van der Waals surface area (Å²) in [6.45, 7) is 3.70. The van der Waals surface area contributed by atoms with Crippen LogP contribution in [-0.4, -0.2) is 10.9 Å². The Labute approximate surface area is 113 Å². The van der Waals surface area contributed by atoms with E-state index in [1.54, 1.807) is 6.08 Å². The van der Waals surface area contributed by atoms with E-state index in [2.05, 4.69) is 16.9 Å². The van der Waals surface area contributed by atoms with Crippen LogP contribution in [0.3, 0.4) is 0 Å². The van der Waals surface area contributed by atoms with E-state index in [1.165, 1.54) is 5.56 Å². The summed E-state index contributed by atoms with van der Waals surface area (Å²) >= 11 is 0. The Hall–Kier alpha value is -2.29. The molecule has 1 heterocycles. The number of nitrogens with one attached hydrogen (secondary N) is 2. The monoisotopic (exact) mass is 254 g/mol. The largest absolute Gasteiger partial charge is 0.367 e. The number of carbonyl (C=O) groups excluding carboxylic acids is 1. The summed E-state index contributed by atoms with van der Waals surface area (Å²) in [6.07, 6.45) is 7.96. The summed E-state index contributed by atoms with van der Waals surface area (Å²) in [7, 11) is 0. The lowest BCUT2D eigenvalue weighted by Gasteiger charge is -2.05. The van der Waals surface area contributed by atoms with Crippen molar-refractivity contribution in [2.45, 2.75) is 19.3 Å². The Morgan fingerprint density at radius 3 is 2.68 bits per heavy atom. The van der Waals surface area contributed by atoms with Gasteiger partial charge in [0.2, 0.25) is 5.91 Å². The van der Waals surface area contributed by atoms with Crippen LogP contribution in [0.1, 0.15) is 24.0 Å². The van der Waals surface area contributed by atoms with Crippen molar-refractivity contribution in [3.63, 3.8) is 0 Å². The third-order valence-corrected chi connectivity index (χ3v) is 2.96. The van der Waals surface area contributed by atoms with Crippen LogP contribution in [-0.2, 0) is 11.2 Å². The molecule has 3 heteroatoms. The first-order chi connectivity index (χ1) is 9.28. The van der Waals surface area contributed by atoms with E-state index < -0.39 is 0 Å². The third-order valence-electron chi connectivity index (χ3n) is 2.96. The predicted molar refractivity (Wildman–Crippen MR) is 78.9 cm³/mol. The van der Waals surface area contributed by atoms with Crippen molar-refractivity contribution in [2.24, 2.45) is 0 Å². The predicted octanol–water partition coefficient (Wildman–Crippen LogP) is 3.62. The van der Waals surface area contributed by atoms with Crippen molar-refractivity contribution in [3.05, 3.63) is 60.4 Å². The highest BCUT2D eigenvalue weighted by Gasteiger charge is 2.02. The summed E-state index contributed by atoms with van der Waals surface area (Å²) < 4.78 is 0. The standard InChI is InChI=1S/C16H18N2O/c1-2-13-6-8-15(9-7-13)18-16(19)5-3-4-14-10-11-17-12-14/h2,6-12,17H,1,3-5H2,(H,18,19). The van der Waals surface area contributed by atoms with Crippen molar-refractivity contribution in [2.75, 3.05) is 5.32 Å². The van der Waals surface area contributed by atoms with Gasteiger partial charge < -0.3 is 10.3 Å². The zero-order valence-electron chi connectivity index (χ0n) is 10.9. The number of H-pyrrole nitrogens is 1. The normalized spacial score (nSPS) is 10.1. The molecule has 98 valence electrons. The summed E-state index contributed by atoms with van der Waals surface area (Å²) in [4.78, 5) is 14.8. The average Bonchev–Trinajstić information content (AvgIpc) is 2.93. The Kier molecular flexibility index (Phi) is 4.56. The van der Waals surface area contributed by atoms with Gasteiger partial charge in [0.05, 0.1) is 0 Å². The minimum Gasteiger partial charge on any atom is -0.367 e. The molecule has 2 N–H and O–H groups in total. The smallest absolute Gasteiger partial charge is 0.224 e. The topological polar surface area (TPSA) is 44.9 Å². The number of aromatic amines is 1. The second kappa shape index (κ2) is 6.59. The minimum absolute atomic E-state index is 0.0573. The fourth-order valence-electron chi connectivity index (χ4n) is 1.89. The molecule has 0 aliphatic rings. The van der Waals surface area contributed by atoms with E-state index in [-0.39, 0.29) is 5.91 Å². The first-order valence-electron chi connectivity index (χ1n) is 6.42. The van der Waals surface area contributed by atoms with Crippen molar-refractivity contribution in [1.29, 1.82) is 0 Å². The van der Waals surface area contributed by atoms with Gasteiger partial charge in [-0.15, -0.1) is 0 Å². The molecule has 0 aliphatic heterocycles. The first-order valence-corrected chi connectivity index (χ1v) is 6.42. The van der Waals surface area contributed by atoms with Crippen LogP contribution in [0, 0.1) is 0 Å². The fourth-order valence-corrected chi connectivity index (χ4v) is 1.89. The number of aryl methyl sites for hydroxylation is 1. The number of hydrogen-bond donors (Lipinski definition) is 2. The molecule has 0 radical (unpaired) electrons. The molecule has 3 nitrogen and oxygen atoms in total. The molecule has 1 amide bonds. The molecule has 2 aromatic rings. The highest BCUT2D eigenvalue weighted by molar-refractivity contribution is 5.90. The van der Waals surface area contributed by atoms with Crippen LogP contribution in [0.4, 0.5) is 5.69 Å². The van der Waals surface area contributed by atoms with Gasteiger partial charge in [-0.3, -0.25) is 4.79 Å². The molecule has 19 heavy (non-hydrogen) atoms. The number of rotatable bonds is 6. The summed E-state index contributed by atoms with van der Waals surface area (Å²) in [6, 6.07) is 9.68. The Bertz CT molecular complexity index is 526. The number of amides is 1. The third kappa shape index (κ3) is 4.14. The molecule has 0 atom stereocenters. The fraction of sp³-hybridized carbons (Fsp3) is 0.188. The first kappa shape index (κ1) is 13.1. The molecule has 1 aromatic heterocycles. The van der Waals surface area contributed by atoms with Crippen LogP contribution >= 0.6 is 0 Å². The lowest BCUT2D eigenvalue weighted by atomic mass is 10.1. The van der Waals surface area contributed by atoms with E-state index in [9.17, 15) is 4.79 Å². The van der Waals surface area contributed by atoms with Crippen LogP contribution in [0.15, 0.2) is 49.3 Å². The van der Waals surface area contributed by atoms with Gasteiger partial charge in [-0.2, -0.15) is 0 Å². The molecule has 0 saturated carbocycles. The van der Waals surface area contributed by atoms with Gasteiger partial charge in [0, 0.05) is 24.5 Å². The van der Waals surface area contributed by atoms with Gasteiger partial charge >= 0.3 is 0 Å². The van der Waals surface area contributed by atoms with Crippen LogP contribution in [0.5, 0.6) is 0 Å². The van der Waals surface area contributed by atoms with Crippen LogP contribution in [0.2, 0.25) is 0 Å². The molecule has 1 aromatic carbocycles. The molecule has 0 unspecified atom stereocenters. The van der Waals surface area contributed by atoms with Gasteiger partial charge in [-0.1, -0.05) is 24.8 Å². The van der Waals surface area contributed by atoms with Crippen molar-refractivity contribution < 1.29 is 4.79 Å². The van der Waals surface area contributed by atoms with Crippen molar-refractivity contribution >= 4 is 17.7 Å². The van der Waals surface area contributed by atoms with Gasteiger partial charge in [0.1, 0.15) is 0 Å². The maximum Gasteiger partial charge on any atom is 0.224 e. The molecule has 0 saturated heterocycles. The number of benzene rings is 1. The van der Waals surface area contributed by atoms with Gasteiger partial charge in [0.15, 0.2) is 0 Å². The van der Waals surface area contributed by atoms with E-state index in [0.29, 0.717) is 6.42 Å². The Morgan fingerprint density at radius 2 is 2.05 bits per heavy atom. The van der Waals surface area contributed by atoms with Crippen LogP contribution < -0.4 is 5.32 Å². The number of carbonyl (C=O) groups is 1. The second-order valence-electron chi connectivity index (χ2n) is 4.45. The van der Waals surface area contributed by atoms with Gasteiger partial charge in [-0.25, -0.2) is 0 Å². The summed E-state index contributed by atoms with van der Waals surface area (Å²) in [5.41, 5.74) is 3.12. The zero-order valence-corrected chi connectivity index (χ0v) is 10.9. The average molecular weight is 254 g/mol. The molecule has 0 aliphatic carbocycles. The maximum absolute atomic E-state index is 11.8. The quantitative estimate of drug-likeness (QED) is 0.812. The molecule has 0 bridgehead atoms. The molecular formula is C16H18N2O. The summed E-state index contributed by atoms with van der Waals surface area (Å²) in [5.74, 6) is 0.0573. The molecule has 2 rings (SSSR count). The van der Waals surface area contributed by atoms with E-state index in [1.807, 2.05) is 42.7 Å². The van der Waals surface area contributed by atoms with Gasteiger partial charge in [-0.05, 0) is 42.2 Å². The van der Waals surface area contributed by atoms with Crippen LogP contribution in [0.25, 0.3) is 6.08 Å². The Morgan fingerprint density at radius 1 is 1.26 bits per heavy atom. The molecule has 0 fully saturated rings. The molecule has 0 spiro atoms. The maximum atomic E-state index is 11.8. The number of hydrogen-bond acceptors (Lipinski definition) is 1. The SMILES string of the molecule is C=Cc1ccc(NC(=O)CCCc2cc[nH]c2)cc1. The van der Waals surface area contributed by atoms with Gasteiger partial charge in [0.25, 0.3) is 0 Å². The number of aromatic nitrogens is 1. The lowest BCUT2D eigenvalue weighted by Crippen LogP contribution is -2.11. The van der Waals surface area contributed by atoms with E-state index >= 15 is 0 Å². The zero-order chi connectivity index (χ0) is 13.5. The Balaban J connectivity index is 1.75. The summed E-state index contributed by atoms with van der Waals surface area (Å²) in [5, 5.41) is 2.89. The number of anilines is 1. The van der Waals surface area contributed by atoms with E-state index in [4.69, 9.17) is 0 Å².